The Morgan fingerprint density at radius 1 is 1.43 bits per heavy atom. The van der Waals surface area contributed by atoms with Crippen molar-refractivity contribution in [3.8, 4) is 0 Å². The van der Waals surface area contributed by atoms with Crippen molar-refractivity contribution < 1.29 is 9.72 Å². The first-order chi connectivity index (χ1) is 9.86. The van der Waals surface area contributed by atoms with Gasteiger partial charge < -0.3 is 15.5 Å². The molecule has 0 atom stereocenters. The Kier molecular flexibility index (Phi) is 6.10. The highest BCUT2D eigenvalue weighted by atomic mass is 16.6. The summed E-state index contributed by atoms with van der Waals surface area (Å²) in [4.78, 5) is 24.3. The molecular weight excluding hydrogens is 272 g/mol. The van der Waals surface area contributed by atoms with Gasteiger partial charge in [-0.1, -0.05) is 0 Å². The van der Waals surface area contributed by atoms with Gasteiger partial charge in [-0.25, -0.2) is 0 Å². The molecule has 0 radical (unpaired) electrons. The van der Waals surface area contributed by atoms with E-state index in [1.807, 2.05) is 7.05 Å². The molecule has 1 amide bonds. The molecule has 21 heavy (non-hydrogen) atoms. The molecule has 1 aromatic carbocycles. The number of amides is 1. The van der Waals surface area contributed by atoms with E-state index in [4.69, 9.17) is 0 Å². The van der Waals surface area contributed by atoms with Crippen LogP contribution in [0, 0.1) is 10.1 Å². The zero-order chi connectivity index (χ0) is 16.0. The molecule has 0 saturated carbocycles. The number of nitrogens with zero attached hydrogens (tertiary/aromatic N) is 2. The Hall–Kier alpha value is -2.15. The largest absolute Gasteiger partial charge is 0.378 e. The Labute approximate surface area is 124 Å². The molecular formula is C14H22N4O3. The van der Waals surface area contributed by atoms with Crippen LogP contribution in [0.15, 0.2) is 18.2 Å². The zero-order valence-electron chi connectivity index (χ0n) is 12.8. The molecule has 0 fully saturated rings. The van der Waals surface area contributed by atoms with E-state index in [9.17, 15) is 14.9 Å². The first-order valence-corrected chi connectivity index (χ1v) is 6.81. The molecule has 7 heteroatoms. The van der Waals surface area contributed by atoms with Crippen LogP contribution >= 0.6 is 0 Å². The van der Waals surface area contributed by atoms with E-state index >= 15 is 0 Å². The summed E-state index contributed by atoms with van der Waals surface area (Å²) in [5.74, 6) is -0.343. The average Bonchev–Trinajstić information content (AvgIpc) is 2.46. The van der Waals surface area contributed by atoms with Gasteiger partial charge in [0.15, 0.2) is 0 Å². The maximum atomic E-state index is 11.5. The molecule has 7 nitrogen and oxygen atoms in total. The van der Waals surface area contributed by atoms with Crippen LogP contribution in [0.4, 0.5) is 11.4 Å². The highest BCUT2D eigenvalue weighted by Gasteiger charge is 2.17. The van der Waals surface area contributed by atoms with Crippen molar-refractivity contribution in [1.29, 1.82) is 0 Å². The van der Waals surface area contributed by atoms with E-state index in [0.29, 0.717) is 18.3 Å². The van der Waals surface area contributed by atoms with E-state index in [2.05, 4.69) is 29.4 Å². The fourth-order valence-electron chi connectivity index (χ4n) is 1.74. The summed E-state index contributed by atoms with van der Waals surface area (Å²) in [5.41, 5.74) is 0.599. The lowest BCUT2D eigenvalue weighted by Gasteiger charge is -2.21. The first kappa shape index (κ1) is 16.9. The van der Waals surface area contributed by atoms with Crippen LogP contribution in [0.2, 0.25) is 0 Å². The maximum Gasteiger partial charge on any atom is 0.293 e. The average molecular weight is 294 g/mol. The molecule has 0 unspecified atom stereocenters. The number of carbonyl (C=O) groups excluding carboxylic acids is 1. The Bertz CT molecular complexity index is 517. The number of carbonyl (C=O) groups is 1. The summed E-state index contributed by atoms with van der Waals surface area (Å²) >= 11 is 0. The molecule has 1 aromatic rings. The summed E-state index contributed by atoms with van der Waals surface area (Å²) in [6.07, 6.45) is 0. The van der Waals surface area contributed by atoms with Crippen molar-refractivity contribution in [2.24, 2.45) is 0 Å². The summed E-state index contributed by atoms with van der Waals surface area (Å²) in [6, 6.07) is 4.84. The lowest BCUT2D eigenvalue weighted by atomic mass is 10.1. The fourth-order valence-corrected chi connectivity index (χ4v) is 1.74. The Morgan fingerprint density at radius 3 is 2.62 bits per heavy atom. The molecule has 116 valence electrons. The van der Waals surface area contributed by atoms with Crippen LogP contribution in [-0.4, -0.2) is 49.0 Å². The van der Waals surface area contributed by atoms with Crippen molar-refractivity contribution >= 4 is 17.3 Å². The summed E-state index contributed by atoms with van der Waals surface area (Å²) in [7, 11) is 3.48. The predicted molar refractivity (Wildman–Crippen MR) is 82.7 cm³/mol. The normalized spacial score (nSPS) is 10.8. The molecule has 1 rings (SSSR count). The standard InChI is InChI=1S/C14H22N4O3/c1-10(2)17(4)8-7-16-12-6-5-11(14(19)15-3)9-13(12)18(20)21/h5-6,9-10,16H,7-8H2,1-4H3,(H,15,19). The summed E-state index contributed by atoms with van der Waals surface area (Å²) in [6.45, 7) is 5.53. The number of rotatable bonds is 7. The molecule has 0 aliphatic carbocycles. The molecule has 0 bridgehead atoms. The smallest absolute Gasteiger partial charge is 0.293 e. The number of nitrogens with one attached hydrogen (secondary N) is 2. The van der Waals surface area contributed by atoms with Crippen molar-refractivity contribution in [2.75, 3.05) is 32.5 Å². The van der Waals surface area contributed by atoms with Gasteiger partial charge in [-0.2, -0.15) is 0 Å². The summed E-state index contributed by atoms with van der Waals surface area (Å²) < 4.78 is 0. The van der Waals surface area contributed by atoms with Crippen molar-refractivity contribution in [3.05, 3.63) is 33.9 Å². The van der Waals surface area contributed by atoms with Crippen LogP contribution in [0.1, 0.15) is 24.2 Å². The van der Waals surface area contributed by atoms with Gasteiger partial charge >= 0.3 is 0 Å². The van der Waals surface area contributed by atoms with E-state index in [1.165, 1.54) is 13.1 Å². The van der Waals surface area contributed by atoms with Crippen molar-refractivity contribution in [2.45, 2.75) is 19.9 Å². The number of nitro benzene ring substituents is 1. The fraction of sp³-hybridized carbons (Fsp3) is 0.500. The minimum Gasteiger partial charge on any atom is -0.378 e. The summed E-state index contributed by atoms with van der Waals surface area (Å²) in [5, 5.41) is 16.6. The third-order valence-corrected chi connectivity index (χ3v) is 3.35. The van der Waals surface area contributed by atoms with Gasteiger partial charge in [0.2, 0.25) is 0 Å². The van der Waals surface area contributed by atoms with Crippen molar-refractivity contribution in [3.63, 3.8) is 0 Å². The van der Waals surface area contributed by atoms with Gasteiger partial charge in [-0.15, -0.1) is 0 Å². The second kappa shape index (κ2) is 7.58. The molecule has 2 N–H and O–H groups in total. The minimum atomic E-state index is -0.485. The number of nitro groups is 1. The van der Waals surface area contributed by atoms with E-state index in [0.717, 1.165) is 6.54 Å². The van der Waals surface area contributed by atoms with Crippen LogP contribution < -0.4 is 10.6 Å². The highest BCUT2D eigenvalue weighted by Crippen LogP contribution is 2.25. The van der Waals surface area contributed by atoms with Gasteiger partial charge in [0.05, 0.1) is 4.92 Å². The zero-order valence-corrected chi connectivity index (χ0v) is 12.8. The van der Waals surface area contributed by atoms with Crippen LogP contribution in [0.5, 0.6) is 0 Å². The lowest BCUT2D eigenvalue weighted by molar-refractivity contribution is -0.384. The predicted octanol–water partition coefficient (Wildman–Crippen LogP) is 1.71. The maximum absolute atomic E-state index is 11.5. The molecule has 0 aliphatic heterocycles. The monoisotopic (exact) mass is 294 g/mol. The molecule has 0 heterocycles. The molecule has 0 aliphatic rings. The Balaban J connectivity index is 2.82. The quantitative estimate of drug-likeness (QED) is 0.590. The second-order valence-corrected chi connectivity index (χ2v) is 5.07. The van der Waals surface area contributed by atoms with Crippen molar-refractivity contribution in [1.82, 2.24) is 10.2 Å². The van der Waals surface area contributed by atoms with Crippen LogP contribution in [0.25, 0.3) is 0 Å². The minimum absolute atomic E-state index is 0.0942. The van der Waals surface area contributed by atoms with E-state index < -0.39 is 4.92 Å². The van der Waals surface area contributed by atoms with Crippen LogP contribution in [0.3, 0.4) is 0 Å². The second-order valence-electron chi connectivity index (χ2n) is 5.07. The molecule has 0 aromatic heterocycles. The topological polar surface area (TPSA) is 87.5 Å². The lowest BCUT2D eigenvalue weighted by Crippen LogP contribution is -2.31. The Morgan fingerprint density at radius 2 is 2.10 bits per heavy atom. The van der Waals surface area contributed by atoms with E-state index in [1.54, 1.807) is 12.1 Å². The first-order valence-electron chi connectivity index (χ1n) is 6.81. The van der Waals surface area contributed by atoms with Crippen LogP contribution in [-0.2, 0) is 0 Å². The molecule has 0 saturated heterocycles. The number of benzene rings is 1. The third kappa shape index (κ3) is 4.71. The number of hydrogen-bond acceptors (Lipinski definition) is 5. The van der Waals surface area contributed by atoms with Gasteiger partial charge in [0.1, 0.15) is 5.69 Å². The third-order valence-electron chi connectivity index (χ3n) is 3.35. The van der Waals surface area contributed by atoms with E-state index in [-0.39, 0.29) is 17.2 Å². The number of anilines is 1. The van der Waals surface area contributed by atoms with Gasteiger partial charge in [-0.05, 0) is 33.0 Å². The number of hydrogen-bond donors (Lipinski definition) is 2. The van der Waals surface area contributed by atoms with Gasteiger partial charge in [0, 0.05) is 37.8 Å². The molecule has 0 spiro atoms. The SMILES string of the molecule is CNC(=O)c1ccc(NCCN(C)C(C)C)c([N+](=O)[O-])c1. The highest BCUT2D eigenvalue weighted by molar-refractivity contribution is 5.95. The van der Waals surface area contributed by atoms with Gasteiger partial charge in [-0.3, -0.25) is 14.9 Å². The van der Waals surface area contributed by atoms with Gasteiger partial charge in [0.25, 0.3) is 11.6 Å². The number of likely N-dealkylation sites (N-methyl/N-ethyl adjacent to an activating group) is 1.